The van der Waals surface area contributed by atoms with Crippen molar-refractivity contribution in [2.24, 2.45) is 11.8 Å². The van der Waals surface area contributed by atoms with Gasteiger partial charge in [-0.3, -0.25) is 14.5 Å². The second kappa shape index (κ2) is 7.08. The third-order valence-corrected chi connectivity index (χ3v) is 6.01. The molecule has 24 heavy (non-hydrogen) atoms. The summed E-state index contributed by atoms with van der Waals surface area (Å²) in [7, 11) is 2.09. The maximum absolute atomic E-state index is 14.8. The second-order valence-corrected chi connectivity index (χ2v) is 8.08. The fourth-order valence-corrected chi connectivity index (χ4v) is 4.31. The molecule has 6 heteroatoms. The Morgan fingerprint density at radius 3 is 2.08 bits per heavy atom. The van der Waals surface area contributed by atoms with Gasteiger partial charge in [-0.05, 0) is 39.7 Å². The second-order valence-electron chi connectivity index (χ2n) is 8.08. The molecular formula is C18H30FN3O2. The molecule has 0 aromatic heterocycles. The van der Waals surface area contributed by atoms with Crippen LogP contribution in [-0.2, 0) is 9.59 Å². The first kappa shape index (κ1) is 17.8. The zero-order valence-corrected chi connectivity index (χ0v) is 15.0. The molecule has 2 aliphatic heterocycles. The zero-order valence-electron chi connectivity index (χ0n) is 15.0. The highest BCUT2D eigenvalue weighted by molar-refractivity contribution is 5.81. The molecule has 0 aromatic rings. The average Bonchev–Trinajstić information content (AvgIpc) is 2.54. The number of rotatable bonds is 4. The van der Waals surface area contributed by atoms with E-state index in [0.717, 1.165) is 51.9 Å². The molecule has 0 bridgehead atoms. The number of amides is 1. The van der Waals surface area contributed by atoms with E-state index >= 15 is 0 Å². The number of carbonyl (C=O) groups is 2. The van der Waals surface area contributed by atoms with Crippen LogP contribution in [0.5, 0.6) is 0 Å². The van der Waals surface area contributed by atoms with Crippen LogP contribution in [0.15, 0.2) is 0 Å². The van der Waals surface area contributed by atoms with Crippen molar-refractivity contribution < 1.29 is 14.0 Å². The molecule has 1 aliphatic carbocycles. The van der Waals surface area contributed by atoms with Crippen molar-refractivity contribution >= 4 is 11.7 Å². The summed E-state index contributed by atoms with van der Waals surface area (Å²) in [5, 5.41) is 0. The van der Waals surface area contributed by atoms with E-state index in [2.05, 4.69) is 16.8 Å². The maximum atomic E-state index is 14.8. The standard InChI is InChI=1S/C18H30FN3O2/c1-14(23)15-3-5-16(6-4-15)17(24)22-12-18(19,13-22)11-21-9-7-20(2)8-10-21/h15-16H,3-13H2,1-2H3. The van der Waals surface area contributed by atoms with Crippen molar-refractivity contribution in [3.8, 4) is 0 Å². The molecule has 5 nitrogen and oxygen atoms in total. The zero-order chi connectivity index (χ0) is 17.3. The minimum absolute atomic E-state index is 0.00575. The van der Waals surface area contributed by atoms with Crippen LogP contribution in [0.4, 0.5) is 4.39 Å². The topological polar surface area (TPSA) is 43.9 Å². The number of piperazine rings is 1. The Morgan fingerprint density at radius 1 is 1.00 bits per heavy atom. The molecule has 0 spiro atoms. The van der Waals surface area contributed by atoms with Gasteiger partial charge in [0.1, 0.15) is 5.78 Å². The molecule has 3 fully saturated rings. The number of nitrogens with zero attached hydrogens (tertiary/aromatic N) is 3. The van der Waals surface area contributed by atoms with E-state index in [1.54, 1.807) is 11.8 Å². The monoisotopic (exact) mass is 339 g/mol. The van der Waals surface area contributed by atoms with E-state index in [1.165, 1.54) is 0 Å². The van der Waals surface area contributed by atoms with Crippen LogP contribution >= 0.6 is 0 Å². The number of likely N-dealkylation sites (tertiary alicyclic amines) is 1. The number of likely N-dealkylation sites (N-methyl/N-ethyl adjacent to an activating group) is 1. The average molecular weight is 339 g/mol. The van der Waals surface area contributed by atoms with Gasteiger partial charge < -0.3 is 9.80 Å². The first-order valence-corrected chi connectivity index (χ1v) is 9.25. The van der Waals surface area contributed by atoms with Gasteiger partial charge in [-0.15, -0.1) is 0 Å². The highest BCUT2D eigenvalue weighted by Gasteiger charge is 2.48. The fraction of sp³-hybridized carbons (Fsp3) is 0.889. The van der Waals surface area contributed by atoms with E-state index in [-0.39, 0.29) is 36.6 Å². The molecule has 2 heterocycles. The summed E-state index contributed by atoms with van der Waals surface area (Å²) < 4.78 is 14.8. The van der Waals surface area contributed by atoms with Crippen molar-refractivity contribution in [2.45, 2.75) is 38.3 Å². The number of ketones is 1. The van der Waals surface area contributed by atoms with Crippen molar-refractivity contribution in [3.05, 3.63) is 0 Å². The number of hydrogen-bond acceptors (Lipinski definition) is 4. The lowest BCUT2D eigenvalue weighted by atomic mass is 9.79. The van der Waals surface area contributed by atoms with Gasteiger partial charge in [0.25, 0.3) is 0 Å². The predicted molar refractivity (Wildman–Crippen MR) is 90.5 cm³/mol. The van der Waals surface area contributed by atoms with Crippen LogP contribution in [0, 0.1) is 11.8 Å². The van der Waals surface area contributed by atoms with Crippen molar-refractivity contribution in [1.82, 2.24) is 14.7 Å². The maximum Gasteiger partial charge on any atom is 0.225 e. The molecule has 0 radical (unpaired) electrons. The lowest BCUT2D eigenvalue weighted by Crippen LogP contribution is -2.66. The van der Waals surface area contributed by atoms with Crippen LogP contribution in [0.2, 0.25) is 0 Å². The minimum atomic E-state index is -1.23. The summed E-state index contributed by atoms with van der Waals surface area (Å²) in [6.45, 7) is 6.35. The minimum Gasteiger partial charge on any atom is -0.336 e. The van der Waals surface area contributed by atoms with Crippen molar-refractivity contribution in [2.75, 3.05) is 52.9 Å². The molecule has 3 rings (SSSR count). The van der Waals surface area contributed by atoms with E-state index in [9.17, 15) is 14.0 Å². The number of carbonyl (C=O) groups excluding carboxylic acids is 2. The molecule has 0 N–H and O–H groups in total. The van der Waals surface area contributed by atoms with Gasteiger partial charge in [-0.25, -0.2) is 4.39 Å². The summed E-state index contributed by atoms with van der Waals surface area (Å²) in [4.78, 5) is 30.1. The third kappa shape index (κ3) is 3.97. The summed E-state index contributed by atoms with van der Waals surface area (Å²) in [6, 6.07) is 0. The Bertz CT molecular complexity index is 477. The summed E-state index contributed by atoms with van der Waals surface area (Å²) >= 11 is 0. The van der Waals surface area contributed by atoms with Gasteiger partial charge in [0.05, 0.1) is 13.1 Å². The van der Waals surface area contributed by atoms with Crippen LogP contribution in [0.25, 0.3) is 0 Å². The van der Waals surface area contributed by atoms with E-state index < -0.39 is 5.67 Å². The van der Waals surface area contributed by atoms with E-state index in [0.29, 0.717) is 6.54 Å². The molecule has 2 saturated heterocycles. The van der Waals surface area contributed by atoms with Gasteiger partial charge in [0, 0.05) is 44.6 Å². The van der Waals surface area contributed by atoms with Gasteiger partial charge in [-0.2, -0.15) is 0 Å². The lowest BCUT2D eigenvalue weighted by molar-refractivity contribution is -0.153. The Kier molecular flexibility index (Phi) is 5.25. The van der Waals surface area contributed by atoms with E-state index in [1.807, 2.05) is 0 Å². The third-order valence-electron chi connectivity index (χ3n) is 6.01. The lowest BCUT2D eigenvalue weighted by Gasteiger charge is -2.48. The van der Waals surface area contributed by atoms with Gasteiger partial charge in [0.2, 0.25) is 5.91 Å². The predicted octanol–water partition coefficient (Wildman–Crippen LogP) is 1.18. The molecule has 1 amide bonds. The van der Waals surface area contributed by atoms with Crippen LogP contribution < -0.4 is 0 Å². The summed E-state index contributed by atoms with van der Waals surface area (Å²) in [6.07, 6.45) is 3.16. The quantitative estimate of drug-likeness (QED) is 0.771. The fourth-order valence-electron chi connectivity index (χ4n) is 4.31. The molecule has 1 saturated carbocycles. The number of alkyl halides is 1. The van der Waals surface area contributed by atoms with Gasteiger partial charge in [0.15, 0.2) is 5.67 Å². The molecule has 3 aliphatic rings. The largest absolute Gasteiger partial charge is 0.336 e. The molecule has 136 valence electrons. The van der Waals surface area contributed by atoms with Gasteiger partial charge >= 0.3 is 0 Å². The Hall–Kier alpha value is -1.01. The van der Waals surface area contributed by atoms with Gasteiger partial charge in [-0.1, -0.05) is 0 Å². The van der Waals surface area contributed by atoms with E-state index in [4.69, 9.17) is 0 Å². The molecule has 0 unspecified atom stereocenters. The summed E-state index contributed by atoms with van der Waals surface area (Å²) in [5.41, 5.74) is -1.23. The van der Waals surface area contributed by atoms with Crippen LogP contribution in [-0.4, -0.2) is 84.9 Å². The highest BCUT2D eigenvalue weighted by atomic mass is 19.1. The Balaban J connectivity index is 1.42. The first-order valence-electron chi connectivity index (χ1n) is 9.25. The molecular weight excluding hydrogens is 309 g/mol. The number of halogens is 1. The normalized spacial score (nSPS) is 31.5. The number of Topliss-reactive ketones (excluding diaryl/α,β-unsaturated/α-hetero) is 1. The Morgan fingerprint density at radius 2 is 1.54 bits per heavy atom. The SMILES string of the molecule is CC(=O)C1CCC(C(=O)N2CC(F)(CN3CCN(C)CC3)C2)CC1. The summed E-state index contributed by atoms with van der Waals surface area (Å²) in [5.74, 6) is 0.459. The van der Waals surface area contributed by atoms with Crippen LogP contribution in [0.1, 0.15) is 32.6 Å². The molecule has 0 aromatic carbocycles. The first-order chi connectivity index (χ1) is 11.4. The highest BCUT2D eigenvalue weighted by Crippen LogP contribution is 2.34. The van der Waals surface area contributed by atoms with Crippen molar-refractivity contribution in [1.29, 1.82) is 0 Å². The van der Waals surface area contributed by atoms with Crippen LogP contribution in [0.3, 0.4) is 0 Å². The molecule has 0 atom stereocenters. The number of hydrogen-bond donors (Lipinski definition) is 0. The Labute approximate surface area is 144 Å². The smallest absolute Gasteiger partial charge is 0.225 e. The van der Waals surface area contributed by atoms with Crippen molar-refractivity contribution in [3.63, 3.8) is 0 Å².